The molecule has 0 aliphatic carbocycles. The lowest BCUT2D eigenvalue weighted by molar-refractivity contribution is -0.121. The van der Waals surface area contributed by atoms with E-state index in [2.05, 4.69) is 22.3 Å². The number of thioether (sulfide) groups is 1. The molecule has 1 heterocycles. The van der Waals surface area contributed by atoms with Gasteiger partial charge in [-0.05, 0) is 50.3 Å². The summed E-state index contributed by atoms with van der Waals surface area (Å²) in [5.74, 6) is 1.04. The van der Waals surface area contributed by atoms with Gasteiger partial charge in [-0.1, -0.05) is 0 Å². The van der Waals surface area contributed by atoms with Crippen molar-refractivity contribution in [3.8, 4) is 5.75 Å². The van der Waals surface area contributed by atoms with Crippen molar-refractivity contribution in [3.63, 3.8) is 0 Å². The number of nitrogens with zero attached hydrogens (tertiary/aromatic N) is 1. The molecule has 1 fully saturated rings. The molecule has 0 radical (unpaired) electrons. The Labute approximate surface area is 131 Å². The summed E-state index contributed by atoms with van der Waals surface area (Å²) in [6.45, 7) is 3.91. The molecule has 21 heavy (non-hydrogen) atoms. The molecule has 1 atom stereocenters. The molecule has 5 heteroatoms. The number of amides is 1. The van der Waals surface area contributed by atoms with Crippen LogP contribution in [0.5, 0.6) is 5.75 Å². The van der Waals surface area contributed by atoms with Crippen LogP contribution in [0.15, 0.2) is 24.3 Å². The van der Waals surface area contributed by atoms with Crippen molar-refractivity contribution in [2.24, 2.45) is 0 Å². The molecule has 1 N–H and O–H groups in total. The quantitative estimate of drug-likeness (QED) is 0.907. The molecule has 2 rings (SSSR count). The van der Waals surface area contributed by atoms with Crippen molar-refractivity contribution in [2.45, 2.75) is 31.1 Å². The van der Waals surface area contributed by atoms with Crippen LogP contribution in [-0.4, -0.2) is 43.7 Å². The number of ether oxygens (including phenoxy) is 1. The average Bonchev–Trinajstić information content (AvgIpc) is 2.55. The van der Waals surface area contributed by atoms with Crippen LogP contribution in [0.4, 0.5) is 5.69 Å². The van der Waals surface area contributed by atoms with E-state index in [9.17, 15) is 4.79 Å². The second kappa shape index (κ2) is 7.59. The van der Waals surface area contributed by atoms with Gasteiger partial charge in [0.15, 0.2) is 0 Å². The highest BCUT2D eigenvalue weighted by molar-refractivity contribution is 7.99. The lowest BCUT2D eigenvalue weighted by Crippen LogP contribution is -2.46. The summed E-state index contributed by atoms with van der Waals surface area (Å²) in [4.78, 5) is 14.3. The SMILES string of the molecule is COc1ccc(N2CCC(NC(=O)[C@@H](C)SC)CC2)cc1. The zero-order valence-electron chi connectivity index (χ0n) is 13.0. The minimum atomic E-state index is 0.0321. The molecule has 0 spiro atoms. The fraction of sp³-hybridized carbons (Fsp3) is 0.562. The van der Waals surface area contributed by atoms with E-state index in [1.807, 2.05) is 25.3 Å². The maximum absolute atomic E-state index is 11.9. The van der Waals surface area contributed by atoms with Crippen LogP contribution in [0.1, 0.15) is 19.8 Å². The zero-order valence-corrected chi connectivity index (χ0v) is 13.8. The van der Waals surface area contributed by atoms with Crippen molar-refractivity contribution >= 4 is 23.4 Å². The van der Waals surface area contributed by atoms with Gasteiger partial charge in [0.25, 0.3) is 0 Å². The van der Waals surface area contributed by atoms with Gasteiger partial charge in [-0.3, -0.25) is 4.79 Å². The summed E-state index contributed by atoms with van der Waals surface area (Å²) in [5, 5.41) is 3.19. The molecule has 0 bridgehead atoms. The summed E-state index contributed by atoms with van der Waals surface area (Å²) >= 11 is 1.59. The van der Waals surface area contributed by atoms with Crippen LogP contribution in [-0.2, 0) is 4.79 Å². The van der Waals surface area contributed by atoms with E-state index in [1.54, 1.807) is 18.9 Å². The summed E-state index contributed by atoms with van der Waals surface area (Å²) < 4.78 is 5.18. The maximum atomic E-state index is 11.9. The van der Waals surface area contributed by atoms with E-state index < -0.39 is 0 Å². The van der Waals surface area contributed by atoms with E-state index in [0.29, 0.717) is 6.04 Å². The van der Waals surface area contributed by atoms with Gasteiger partial charge < -0.3 is 15.0 Å². The third-order valence-corrected chi connectivity index (χ3v) is 4.92. The van der Waals surface area contributed by atoms with E-state index in [0.717, 1.165) is 31.7 Å². The van der Waals surface area contributed by atoms with Gasteiger partial charge in [0.1, 0.15) is 5.75 Å². The molecule has 1 aliphatic heterocycles. The first-order chi connectivity index (χ1) is 10.1. The highest BCUT2D eigenvalue weighted by Crippen LogP contribution is 2.23. The number of carbonyl (C=O) groups is 1. The maximum Gasteiger partial charge on any atom is 0.233 e. The van der Waals surface area contributed by atoms with Crippen LogP contribution < -0.4 is 15.0 Å². The third-order valence-electron chi connectivity index (χ3n) is 4.00. The number of anilines is 1. The molecule has 1 aliphatic rings. The van der Waals surface area contributed by atoms with Gasteiger partial charge in [0.05, 0.1) is 12.4 Å². The van der Waals surface area contributed by atoms with Crippen molar-refractivity contribution in [1.29, 1.82) is 0 Å². The standard InChI is InChI=1S/C16H24N2O2S/c1-12(21-3)16(19)17-13-8-10-18(11-9-13)14-4-6-15(20-2)7-5-14/h4-7,12-13H,8-11H2,1-3H3,(H,17,19)/t12-/m1/s1. The Hall–Kier alpha value is -1.36. The Morgan fingerprint density at radius 3 is 2.48 bits per heavy atom. The summed E-state index contributed by atoms with van der Waals surface area (Å²) in [6, 6.07) is 8.47. The number of hydrogen-bond acceptors (Lipinski definition) is 4. The van der Waals surface area contributed by atoms with Gasteiger partial charge in [0.2, 0.25) is 5.91 Å². The number of hydrogen-bond donors (Lipinski definition) is 1. The van der Waals surface area contributed by atoms with Gasteiger partial charge in [0, 0.05) is 24.8 Å². The number of benzene rings is 1. The molecule has 4 nitrogen and oxygen atoms in total. The first-order valence-electron chi connectivity index (χ1n) is 7.36. The van der Waals surface area contributed by atoms with Gasteiger partial charge >= 0.3 is 0 Å². The minimum Gasteiger partial charge on any atom is -0.497 e. The molecule has 1 amide bonds. The number of carbonyl (C=O) groups excluding carboxylic acids is 1. The van der Waals surface area contributed by atoms with Crippen molar-refractivity contribution in [1.82, 2.24) is 5.32 Å². The molecule has 1 saturated heterocycles. The zero-order chi connectivity index (χ0) is 15.2. The second-order valence-electron chi connectivity index (χ2n) is 5.35. The number of rotatable bonds is 5. The fourth-order valence-corrected chi connectivity index (χ4v) is 2.78. The van der Waals surface area contributed by atoms with Crippen molar-refractivity contribution in [2.75, 3.05) is 31.4 Å². The van der Waals surface area contributed by atoms with Crippen molar-refractivity contribution < 1.29 is 9.53 Å². The van der Waals surface area contributed by atoms with Crippen LogP contribution in [0.2, 0.25) is 0 Å². The first kappa shape index (κ1) is 16.0. The largest absolute Gasteiger partial charge is 0.497 e. The molecule has 1 aromatic rings. The smallest absolute Gasteiger partial charge is 0.233 e. The minimum absolute atomic E-state index is 0.0321. The monoisotopic (exact) mass is 308 g/mol. The van der Waals surface area contributed by atoms with Gasteiger partial charge in [-0.2, -0.15) is 11.8 Å². The number of methoxy groups -OCH3 is 1. The van der Waals surface area contributed by atoms with Gasteiger partial charge in [-0.15, -0.1) is 0 Å². The van der Waals surface area contributed by atoms with Crippen molar-refractivity contribution in [3.05, 3.63) is 24.3 Å². The predicted molar refractivity (Wildman–Crippen MR) is 89.3 cm³/mol. The Bertz CT molecular complexity index is 456. The van der Waals surface area contributed by atoms with Crippen LogP contribution in [0.25, 0.3) is 0 Å². The Morgan fingerprint density at radius 2 is 1.95 bits per heavy atom. The molecular weight excluding hydrogens is 284 g/mol. The predicted octanol–water partition coefficient (Wildman–Crippen LogP) is 2.53. The Kier molecular flexibility index (Phi) is 5.79. The molecule has 116 valence electrons. The van der Waals surface area contributed by atoms with E-state index in [1.165, 1.54) is 5.69 Å². The highest BCUT2D eigenvalue weighted by Gasteiger charge is 2.22. The Morgan fingerprint density at radius 1 is 1.33 bits per heavy atom. The fourth-order valence-electron chi connectivity index (χ4n) is 2.50. The molecular formula is C16H24N2O2S. The summed E-state index contributed by atoms with van der Waals surface area (Å²) in [7, 11) is 1.68. The summed E-state index contributed by atoms with van der Waals surface area (Å²) in [6.07, 6.45) is 3.97. The molecule has 0 saturated carbocycles. The number of nitrogens with one attached hydrogen (secondary N) is 1. The molecule has 0 aromatic heterocycles. The second-order valence-corrected chi connectivity index (χ2v) is 6.52. The van der Waals surface area contributed by atoms with E-state index in [4.69, 9.17) is 4.74 Å². The first-order valence-corrected chi connectivity index (χ1v) is 8.65. The molecule has 0 unspecified atom stereocenters. The lowest BCUT2D eigenvalue weighted by Gasteiger charge is -2.34. The lowest BCUT2D eigenvalue weighted by atomic mass is 10.0. The van der Waals surface area contributed by atoms with E-state index in [-0.39, 0.29) is 11.2 Å². The van der Waals surface area contributed by atoms with Crippen LogP contribution in [0.3, 0.4) is 0 Å². The third kappa shape index (κ3) is 4.30. The van der Waals surface area contributed by atoms with Crippen LogP contribution in [0, 0.1) is 0 Å². The normalized spacial score (nSPS) is 17.4. The van der Waals surface area contributed by atoms with Crippen LogP contribution >= 0.6 is 11.8 Å². The Balaban J connectivity index is 1.83. The summed E-state index contributed by atoms with van der Waals surface area (Å²) in [5.41, 5.74) is 1.22. The van der Waals surface area contributed by atoms with Gasteiger partial charge in [-0.25, -0.2) is 0 Å². The average molecular weight is 308 g/mol. The van der Waals surface area contributed by atoms with E-state index >= 15 is 0 Å². The highest BCUT2D eigenvalue weighted by atomic mass is 32.2. The topological polar surface area (TPSA) is 41.6 Å². The molecule has 1 aromatic carbocycles. The number of piperidine rings is 1.